The summed E-state index contributed by atoms with van der Waals surface area (Å²) in [6.45, 7) is 3.39. The number of hydrogen-bond acceptors (Lipinski definition) is 10. The molecule has 0 aromatic carbocycles. The van der Waals surface area contributed by atoms with Crippen LogP contribution in [0.1, 0.15) is 232 Å². The van der Waals surface area contributed by atoms with Crippen LogP contribution in [0, 0.1) is 0 Å². The molecule has 0 bridgehead atoms. The zero-order valence-electron chi connectivity index (χ0n) is 40.3. The second-order valence-electron chi connectivity index (χ2n) is 18.6. The van der Waals surface area contributed by atoms with Gasteiger partial charge in [0.2, 0.25) is 5.91 Å². The molecular formula is C52H99NO10. The van der Waals surface area contributed by atoms with Gasteiger partial charge in [0, 0.05) is 0 Å². The van der Waals surface area contributed by atoms with E-state index in [2.05, 4.69) is 43.5 Å². The number of aliphatic hydroxyl groups is 7. The van der Waals surface area contributed by atoms with Crippen LogP contribution in [0.25, 0.3) is 0 Å². The number of aliphatic hydroxyl groups excluding tert-OH is 7. The van der Waals surface area contributed by atoms with E-state index in [1.807, 2.05) is 0 Å². The van der Waals surface area contributed by atoms with Crippen LogP contribution in [0.5, 0.6) is 0 Å². The summed E-state index contributed by atoms with van der Waals surface area (Å²) in [6.07, 6.45) is 37.0. The average molecular weight is 898 g/mol. The molecule has 1 heterocycles. The largest absolute Gasteiger partial charge is 0.394 e. The smallest absolute Gasteiger partial charge is 0.249 e. The molecule has 9 unspecified atom stereocenters. The van der Waals surface area contributed by atoms with E-state index in [1.54, 1.807) is 0 Å². The van der Waals surface area contributed by atoms with Gasteiger partial charge in [0.15, 0.2) is 6.29 Å². The molecule has 372 valence electrons. The molecular weight excluding hydrogens is 799 g/mol. The van der Waals surface area contributed by atoms with Crippen molar-refractivity contribution in [2.75, 3.05) is 13.2 Å². The van der Waals surface area contributed by atoms with E-state index >= 15 is 0 Å². The highest BCUT2D eigenvalue weighted by molar-refractivity contribution is 5.80. The fourth-order valence-corrected chi connectivity index (χ4v) is 8.38. The molecule has 11 nitrogen and oxygen atoms in total. The Morgan fingerprint density at radius 3 is 1.38 bits per heavy atom. The third-order valence-electron chi connectivity index (χ3n) is 12.7. The Morgan fingerprint density at radius 2 is 0.937 bits per heavy atom. The van der Waals surface area contributed by atoms with Crippen molar-refractivity contribution >= 4 is 5.91 Å². The maximum Gasteiger partial charge on any atom is 0.249 e. The van der Waals surface area contributed by atoms with E-state index in [9.17, 15) is 40.5 Å². The molecule has 63 heavy (non-hydrogen) atoms. The molecule has 9 atom stereocenters. The van der Waals surface area contributed by atoms with Crippen LogP contribution in [0.4, 0.5) is 0 Å². The monoisotopic (exact) mass is 898 g/mol. The maximum absolute atomic E-state index is 13.1. The molecule has 1 aliphatic heterocycles. The normalized spacial score (nSPS) is 21.3. The van der Waals surface area contributed by atoms with Gasteiger partial charge in [-0.3, -0.25) is 4.79 Å². The van der Waals surface area contributed by atoms with Gasteiger partial charge >= 0.3 is 0 Å². The minimum atomic E-state index is -1.67. The van der Waals surface area contributed by atoms with Crippen LogP contribution >= 0.6 is 0 Å². The first kappa shape index (κ1) is 59.6. The molecule has 0 radical (unpaired) electrons. The average Bonchev–Trinajstić information content (AvgIpc) is 3.28. The lowest BCUT2D eigenvalue weighted by Gasteiger charge is -2.40. The van der Waals surface area contributed by atoms with Gasteiger partial charge < -0.3 is 50.5 Å². The highest BCUT2D eigenvalue weighted by Gasteiger charge is 2.44. The highest BCUT2D eigenvalue weighted by atomic mass is 16.7. The first-order valence-corrected chi connectivity index (χ1v) is 26.2. The first-order chi connectivity index (χ1) is 30.7. The zero-order valence-corrected chi connectivity index (χ0v) is 40.3. The van der Waals surface area contributed by atoms with E-state index in [1.165, 1.54) is 154 Å². The van der Waals surface area contributed by atoms with Crippen LogP contribution in [-0.2, 0) is 14.3 Å². The molecule has 0 aliphatic carbocycles. The van der Waals surface area contributed by atoms with Crippen molar-refractivity contribution in [2.45, 2.75) is 287 Å². The summed E-state index contributed by atoms with van der Waals surface area (Å²) in [5.74, 6) is -0.708. The number of ether oxygens (including phenoxy) is 2. The number of carbonyl (C=O) groups excluding carboxylic acids is 1. The summed E-state index contributed by atoms with van der Waals surface area (Å²) in [7, 11) is 0. The van der Waals surface area contributed by atoms with E-state index in [4.69, 9.17) is 9.47 Å². The van der Waals surface area contributed by atoms with Gasteiger partial charge in [0.05, 0.1) is 25.4 Å². The Balaban J connectivity index is 2.25. The quantitative estimate of drug-likeness (QED) is 0.0216. The first-order valence-electron chi connectivity index (χ1n) is 26.2. The summed E-state index contributed by atoms with van der Waals surface area (Å²) >= 11 is 0. The number of nitrogens with one attached hydrogen (secondary N) is 1. The van der Waals surface area contributed by atoms with Crippen molar-refractivity contribution in [3.8, 4) is 0 Å². The Labute approximate surface area is 384 Å². The predicted molar refractivity (Wildman–Crippen MR) is 256 cm³/mol. The van der Waals surface area contributed by atoms with Gasteiger partial charge in [-0.1, -0.05) is 192 Å². The van der Waals surface area contributed by atoms with Crippen LogP contribution < -0.4 is 5.32 Å². The SMILES string of the molecule is CCCCCC/C=C/CCCC(O)C(O)C(COC1OC(CO)C(O)C(O)C1O)NC(=O)C(O)CCCCCCCCCCCCC/C=C\CCCCCCCCCCCCCC. The lowest BCUT2D eigenvalue weighted by atomic mass is 9.98. The molecule has 1 rings (SSSR count). The van der Waals surface area contributed by atoms with E-state index in [-0.39, 0.29) is 12.8 Å². The number of hydrogen-bond donors (Lipinski definition) is 8. The molecule has 0 aromatic rings. The van der Waals surface area contributed by atoms with Gasteiger partial charge in [0.1, 0.15) is 36.6 Å². The topological polar surface area (TPSA) is 189 Å². The van der Waals surface area contributed by atoms with Crippen molar-refractivity contribution in [1.82, 2.24) is 5.32 Å². The number of unbranched alkanes of at least 4 members (excludes halogenated alkanes) is 28. The summed E-state index contributed by atoms with van der Waals surface area (Å²) in [4.78, 5) is 13.1. The molecule has 0 aromatic heterocycles. The van der Waals surface area contributed by atoms with Crippen LogP contribution in [0.3, 0.4) is 0 Å². The van der Waals surface area contributed by atoms with Crippen molar-refractivity contribution in [2.24, 2.45) is 0 Å². The molecule has 8 N–H and O–H groups in total. The summed E-state index contributed by atoms with van der Waals surface area (Å²) < 4.78 is 11.1. The zero-order chi connectivity index (χ0) is 46.2. The molecule has 1 amide bonds. The third-order valence-corrected chi connectivity index (χ3v) is 12.7. The minimum Gasteiger partial charge on any atom is -0.394 e. The Hall–Kier alpha value is -1.41. The molecule has 1 aliphatic rings. The summed E-state index contributed by atoms with van der Waals surface area (Å²) in [5, 5.41) is 75.6. The number of rotatable bonds is 44. The Kier molecular flexibility index (Phi) is 39.7. The number of allylic oxidation sites excluding steroid dienone is 4. The fourth-order valence-electron chi connectivity index (χ4n) is 8.38. The van der Waals surface area contributed by atoms with Crippen molar-refractivity contribution < 1.29 is 50.0 Å². The lowest BCUT2D eigenvalue weighted by Crippen LogP contribution is -2.60. The number of amides is 1. The molecule has 1 saturated heterocycles. The van der Waals surface area contributed by atoms with Gasteiger partial charge in [-0.25, -0.2) is 0 Å². The second-order valence-corrected chi connectivity index (χ2v) is 18.6. The minimum absolute atomic E-state index is 0.254. The molecule has 0 spiro atoms. The van der Waals surface area contributed by atoms with Crippen molar-refractivity contribution in [3.05, 3.63) is 24.3 Å². The fraction of sp³-hybridized carbons (Fsp3) is 0.904. The van der Waals surface area contributed by atoms with Crippen LogP contribution in [-0.4, -0.2) is 110 Å². The summed E-state index contributed by atoms with van der Waals surface area (Å²) in [5.41, 5.74) is 0. The predicted octanol–water partition coefficient (Wildman–Crippen LogP) is 9.79. The number of carbonyl (C=O) groups is 1. The maximum atomic E-state index is 13.1. The second kappa shape index (κ2) is 42.0. The van der Waals surface area contributed by atoms with Gasteiger partial charge in [0.25, 0.3) is 0 Å². The third kappa shape index (κ3) is 31.2. The van der Waals surface area contributed by atoms with Gasteiger partial charge in [-0.15, -0.1) is 0 Å². The molecule has 0 saturated carbocycles. The van der Waals surface area contributed by atoms with Crippen molar-refractivity contribution in [3.63, 3.8) is 0 Å². The molecule has 11 heteroatoms. The highest BCUT2D eigenvalue weighted by Crippen LogP contribution is 2.23. The van der Waals surface area contributed by atoms with E-state index < -0.39 is 74.2 Å². The summed E-state index contributed by atoms with van der Waals surface area (Å²) in [6, 6.07) is -1.18. The van der Waals surface area contributed by atoms with Crippen LogP contribution in [0.2, 0.25) is 0 Å². The van der Waals surface area contributed by atoms with Gasteiger partial charge in [-0.2, -0.15) is 0 Å². The molecule has 1 fully saturated rings. The van der Waals surface area contributed by atoms with Gasteiger partial charge in [-0.05, 0) is 64.2 Å². The van der Waals surface area contributed by atoms with E-state index in [0.717, 1.165) is 38.5 Å². The Morgan fingerprint density at radius 1 is 0.540 bits per heavy atom. The van der Waals surface area contributed by atoms with E-state index in [0.29, 0.717) is 12.8 Å². The Bertz CT molecular complexity index is 1080. The lowest BCUT2D eigenvalue weighted by molar-refractivity contribution is -0.303. The standard InChI is InChI=1S/C52H99NO10/c1-3-5-7-9-11-13-14-15-16-17-18-19-20-21-22-23-24-25-26-27-28-29-30-32-34-36-38-40-45(56)51(61)53-43(42-62-52-50(60)49(59)48(58)46(41-54)63-52)47(57)44(55)39-37-35-33-31-12-10-8-6-4-2/h21-22,31,33,43-50,52,54-60H,3-20,23-30,32,34-42H2,1-2H3,(H,53,61)/b22-21-,33-31+. The van der Waals surface area contributed by atoms with Crippen LogP contribution in [0.15, 0.2) is 24.3 Å². The van der Waals surface area contributed by atoms with Crippen molar-refractivity contribution in [1.29, 1.82) is 0 Å².